The van der Waals surface area contributed by atoms with E-state index < -0.39 is 10.0 Å². The van der Waals surface area contributed by atoms with Crippen molar-refractivity contribution < 1.29 is 13.2 Å². The third-order valence-corrected chi connectivity index (χ3v) is 4.21. The molecular formula is C10H22N2O3S. The molecule has 96 valence electrons. The van der Waals surface area contributed by atoms with Crippen molar-refractivity contribution in [1.82, 2.24) is 10.0 Å². The molecule has 1 atom stereocenters. The summed E-state index contributed by atoms with van der Waals surface area (Å²) in [6.07, 6.45) is 2.59. The van der Waals surface area contributed by atoms with Crippen molar-refractivity contribution in [3.8, 4) is 0 Å². The smallest absolute Gasteiger partial charge is 0.211 e. The topological polar surface area (TPSA) is 67.4 Å². The first-order chi connectivity index (χ1) is 7.64. The Morgan fingerprint density at radius 3 is 2.81 bits per heavy atom. The van der Waals surface area contributed by atoms with Gasteiger partial charge in [-0.25, -0.2) is 13.1 Å². The number of ether oxygens (including phenoxy) is 1. The van der Waals surface area contributed by atoms with Crippen LogP contribution in [0.15, 0.2) is 0 Å². The van der Waals surface area contributed by atoms with Gasteiger partial charge in [0.15, 0.2) is 0 Å². The van der Waals surface area contributed by atoms with Gasteiger partial charge in [-0.1, -0.05) is 0 Å². The van der Waals surface area contributed by atoms with Crippen LogP contribution >= 0.6 is 0 Å². The van der Waals surface area contributed by atoms with E-state index in [0.29, 0.717) is 18.9 Å². The fourth-order valence-electron chi connectivity index (χ4n) is 1.74. The van der Waals surface area contributed by atoms with E-state index in [1.807, 2.05) is 7.05 Å². The Kier molecular flexibility index (Phi) is 6.26. The molecule has 1 unspecified atom stereocenters. The third kappa shape index (κ3) is 5.79. The molecule has 0 radical (unpaired) electrons. The molecule has 5 nitrogen and oxygen atoms in total. The van der Waals surface area contributed by atoms with Crippen LogP contribution in [0.3, 0.4) is 0 Å². The molecule has 16 heavy (non-hydrogen) atoms. The minimum absolute atomic E-state index is 0.203. The van der Waals surface area contributed by atoms with Gasteiger partial charge in [0.1, 0.15) is 0 Å². The van der Waals surface area contributed by atoms with E-state index in [-0.39, 0.29) is 5.75 Å². The van der Waals surface area contributed by atoms with Crippen molar-refractivity contribution in [1.29, 1.82) is 0 Å². The highest BCUT2D eigenvalue weighted by Crippen LogP contribution is 2.15. The summed E-state index contributed by atoms with van der Waals surface area (Å²) in [7, 11) is -1.26. The summed E-state index contributed by atoms with van der Waals surface area (Å²) < 4.78 is 30.9. The van der Waals surface area contributed by atoms with E-state index in [0.717, 1.165) is 32.6 Å². The molecule has 6 heteroatoms. The Morgan fingerprint density at radius 2 is 2.19 bits per heavy atom. The van der Waals surface area contributed by atoms with E-state index in [2.05, 4.69) is 10.0 Å². The summed E-state index contributed by atoms with van der Waals surface area (Å²) in [5, 5.41) is 2.93. The number of hydrogen-bond donors (Lipinski definition) is 2. The lowest BCUT2D eigenvalue weighted by molar-refractivity contribution is 0.184. The lowest BCUT2D eigenvalue weighted by Crippen LogP contribution is -2.29. The molecule has 1 rings (SSSR count). The Labute approximate surface area is 98.0 Å². The highest BCUT2D eigenvalue weighted by Gasteiger charge is 2.16. The fraction of sp³-hybridized carbons (Fsp3) is 1.00. The van der Waals surface area contributed by atoms with Crippen LogP contribution in [0.25, 0.3) is 0 Å². The molecule has 0 aromatic heterocycles. The van der Waals surface area contributed by atoms with Crippen molar-refractivity contribution >= 4 is 10.0 Å². The first-order valence-electron chi connectivity index (χ1n) is 5.84. The zero-order valence-corrected chi connectivity index (χ0v) is 10.7. The van der Waals surface area contributed by atoms with Gasteiger partial charge in [0.25, 0.3) is 0 Å². The predicted molar refractivity (Wildman–Crippen MR) is 63.9 cm³/mol. The van der Waals surface area contributed by atoms with Gasteiger partial charge in [-0.2, -0.15) is 0 Å². The molecule has 0 amide bonds. The van der Waals surface area contributed by atoms with E-state index in [4.69, 9.17) is 4.74 Å². The van der Waals surface area contributed by atoms with Crippen LogP contribution in [0, 0.1) is 5.92 Å². The maximum Gasteiger partial charge on any atom is 0.211 e. The molecule has 1 heterocycles. The number of sulfonamides is 1. The second-order valence-corrected chi connectivity index (χ2v) is 6.12. The van der Waals surface area contributed by atoms with Gasteiger partial charge >= 0.3 is 0 Å². The van der Waals surface area contributed by atoms with Crippen molar-refractivity contribution in [3.63, 3.8) is 0 Å². The van der Waals surface area contributed by atoms with Gasteiger partial charge in [0.2, 0.25) is 10.0 Å². The zero-order valence-electron chi connectivity index (χ0n) is 9.87. The molecule has 1 aliphatic rings. The molecule has 0 aliphatic carbocycles. The maximum atomic E-state index is 11.5. The average molecular weight is 250 g/mol. The first-order valence-corrected chi connectivity index (χ1v) is 7.49. The lowest BCUT2D eigenvalue weighted by Gasteiger charge is -2.09. The number of rotatable bonds is 8. The summed E-state index contributed by atoms with van der Waals surface area (Å²) >= 11 is 0. The highest BCUT2D eigenvalue weighted by molar-refractivity contribution is 7.89. The van der Waals surface area contributed by atoms with Crippen molar-refractivity contribution in [2.45, 2.75) is 19.3 Å². The third-order valence-electron chi connectivity index (χ3n) is 2.74. The minimum Gasteiger partial charge on any atom is -0.381 e. The van der Waals surface area contributed by atoms with Gasteiger partial charge in [0, 0.05) is 19.8 Å². The van der Waals surface area contributed by atoms with E-state index in [1.165, 1.54) is 0 Å². The van der Waals surface area contributed by atoms with Crippen LogP contribution in [0.1, 0.15) is 19.3 Å². The molecule has 2 N–H and O–H groups in total. The first kappa shape index (κ1) is 13.9. The van der Waals surface area contributed by atoms with E-state index in [9.17, 15) is 8.42 Å². The maximum absolute atomic E-state index is 11.5. The lowest BCUT2D eigenvalue weighted by atomic mass is 10.1. The summed E-state index contributed by atoms with van der Waals surface area (Å²) in [4.78, 5) is 0. The van der Waals surface area contributed by atoms with Crippen molar-refractivity contribution in [3.05, 3.63) is 0 Å². The standard InChI is InChI=1S/C10H22N2O3S/c1-11-5-2-8-16(13,14)12-6-3-10-4-7-15-9-10/h10-12H,2-9H2,1H3. The Morgan fingerprint density at radius 1 is 1.38 bits per heavy atom. The summed E-state index contributed by atoms with van der Waals surface area (Å²) in [6, 6.07) is 0. The molecule has 1 saturated heterocycles. The van der Waals surface area contributed by atoms with Crippen LogP contribution in [-0.2, 0) is 14.8 Å². The molecule has 0 bridgehead atoms. The largest absolute Gasteiger partial charge is 0.381 e. The van der Waals surface area contributed by atoms with E-state index in [1.54, 1.807) is 0 Å². The molecule has 1 aliphatic heterocycles. The highest BCUT2D eigenvalue weighted by atomic mass is 32.2. The van der Waals surface area contributed by atoms with Crippen molar-refractivity contribution in [2.24, 2.45) is 5.92 Å². The van der Waals surface area contributed by atoms with E-state index >= 15 is 0 Å². The fourth-order valence-corrected chi connectivity index (χ4v) is 2.84. The van der Waals surface area contributed by atoms with Crippen LogP contribution in [-0.4, -0.2) is 47.5 Å². The Balaban J connectivity index is 2.09. The SMILES string of the molecule is CNCCCS(=O)(=O)NCCC1CCOC1. The normalized spacial score (nSPS) is 21.4. The number of hydrogen-bond acceptors (Lipinski definition) is 4. The molecule has 0 aromatic rings. The van der Waals surface area contributed by atoms with Gasteiger partial charge in [-0.15, -0.1) is 0 Å². The minimum atomic E-state index is -3.08. The van der Waals surface area contributed by atoms with Crippen LogP contribution in [0.2, 0.25) is 0 Å². The Hall–Kier alpha value is -0.170. The molecular weight excluding hydrogens is 228 g/mol. The van der Waals surface area contributed by atoms with Crippen molar-refractivity contribution in [2.75, 3.05) is 39.1 Å². The van der Waals surface area contributed by atoms with Crippen LogP contribution in [0.5, 0.6) is 0 Å². The molecule has 0 saturated carbocycles. The molecule has 1 fully saturated rings. The van der Waals surface area contributed by atoms with Gasteiger partial charge in [-0.05, 0) is 38.8 Å². The second kappa shape index (κ2) is 7.21. The summed E-state index contributed by atoms with van der Waals surface area (Å²) in [6.45, 7) is 2.87. The molecule has 0 aromatic carbocycles. The number of nitrogens with one attached hydrogen (secondary N) is 2. The Bertz CT molecular complexity index is 274. The summed E-state index contributed by atoms with van der Waals surface area (Å²) in [5.74, 6) is 0.731. The van der Waals surface area contributed by atoms with Crippen LogP contribution in [0.4, 0.5) is 0 Å². The zero-order chi connectivity index (χ0) is 11.9. The predicted octanol–water partition coefficient (Wildman–Crippen LogP) is -0.0581. The van der Waals surface area contributed by atoms with Crippen LogP contribution < -0.4 is 10.0 Å². The van der Waals surface area contributed by atoms with Gasteiger partial charge in [-0.3, -0.25) is 0 Å². The monoisotopic (exact) mass is 250 g/mol. The van der Waals surface area contributed by atoms with Gasteiger partial charge in [0.05, 0.1) is 5.75 Å². The molecule has 0 spiro atoms. The second-order valence-electron chi connectivity index (χ2n) is 4.19. The summed E-state index contributed by atoms with van der Waals surface area (Å²) in [5.41, 5.74) is 0. The van der Waals surface area contributed by atoms with Gasteiger partial charge < -0.3 is 10.1 Å². The average Bonchev–Trinajstić information content (AvgIpc) is 2.70. The quantitative estimate of drug-likeness (QED) is 0.592.